The van der Waals surface area contributed by atoms with Gasteiger partial charge in [-0.3, -0.25) is 4.99 Å². The highest BCUT2D eigenvalue weighted by molar-refractivity contribution is 7.76. The predicted molar refractivity (Wildman–Crippen MR) is 177 cm³/mol. The molecule has 0 atom stereocenters. The molecule has 2 rings (SSSR count). The normalized spacial score (nSPS) is 18.1. The molecule has 0 spiro atoms. The van der Waals surface area contributed by atoms with E-state index < -0.39 is 0 Å². The van der Waals surface area contributed by atoms with Crippen molar-refractivity contribution in [3.8, 4) is 0 Å². The van der Waals surface area contributed by atoms with Crippen molar-refractivity contribution in [3.63, 3.8) is 0 Å². The molecule has 0 aromatic rings. The molecule has 2 aliphatic rings. The average Bonchev–Trinajstić information content (AvgIpc) is 2.84. The zero-order chi connectivity index (χ0) is 29.3. The van der Waals surface area contributed by atoms with E-state index in [4.69, 9.17) is 4.99 Å². The van der Waals surface area contributed by atoms with Gasteiger partial charge in [0.15, 0.2) is 0 Å². The minimum Gasteiger partial charge on any atom is -0.366 e. The van der Waals surface area contributed by atoms with Crippen LogP contribution in [0.4, 0.5) is 0 Å². The standard InChI is InChI=1S/C22H44N3P.C10H21N3/c1-22(2,3)24-21(23-17-12-18-25(4)5)26(19-13-8-6-9-14-19)20-15-10-7-11-16-20;1-10(2,3)12-9-11-7-6-8-13(4)5/h19-20H,6-18H2,1-5H3,(H,23,24);6-8H2,1-5H3. The average molecular weight is 565 g/mol. The Bertz CT molecular complexity index is 698. The van der Waals surface area contributed by atoms with Gasteiger partial charge in [0.25, 0.3) is 0 Å². The number of nitrogens with one attached hydrogen (secondary N) is 1. The first-order valence-electron chi connectivity index (χ1n) is 15.8. The molecule has 0 radical (unpaired) electrons. The van der Waals surface area contributed by atoms with Crippen LogP contribution in [0.25, 0.3) is 0 Å². The molecule has 39 heavy (non-hydrogen) atoms. The monoisotopic (exact) mass is 565 g/mol. The Hall–Kier alpha value is -0.800. The molecule has 0 saturated heterocycles. The van der Waals surface area contributed by atoms with Gasteiger partial charge in [-0.15, -0.1) is 0 Å². The van der Waals surface area contributed by atoms with Gasteiger partial charge in [0, 0.05) is 12.1 Å². The lowest BCUT2D eigenvalue weighted by atomic mass is 9.99. The molecule has 7 heteroatoms. The van der Waals surface area contributed by atoms with Crippen LogP contribution >= 0.6 is 7.92 Å². The van der Waals surface area contributed by atoms with Crippen molar-refractivity contribution in [1.29, 1.82) is 0 Å². The van der Waals surface area contributed by atoms with Crippen molar-refractivity contribution in [3.05, 3.63) is 0 Å². The maximum atomic E-state index is 5.24. The number of hydrogen-bond acceptors (Lipinski definition) is 5. The lowest BCUT2D eigenvalue weighted by Gasteiger charge is -2.41. The Morgan fingerprint density at radius 3 is 1.62 bits per heavy atom. The molecule has 0 heterocycles. The summed E-state index contributed by atoms with van der Waals surface area (Å²) in [5.74, 6) is 0. The van der Waals surface area contributed by atoms with E-state index in [2.05, 4.69) is 80.1 Å². The van der Waals surface area contributed by atoms with Crippen LogP contribution < -0.4 is 5.32 Å². The summed E-state index contributed by atoms with van der Waals surface area (Å²) in [5.41, 5.74) is 3.33. The number of nitrogens with zero attached hydrogens (tertiary/aromatic N) is 5. The number of hydrogen-bond donors (Lipinski definition) is 1. The van der Waals surface area contributed by atoms with E-state index in [-0.39, 0.29) is 19.0 Å². The SMILES string of the molecule is CN(C)CCCN=C(NC(C)(C)C)P(C1CCCCC1)C1CCCCC1.CN(C)CCCN=C=NC(C)(C)C. The zero-order valence-electron chi connectivity index (χ0n) is 27.7. The highest BCUT2D eigenvalue weighted by Gasteiger charge is 2.35. The first-order chi connectivity index (χ1) is 18.3. The fourth-order valence-corrected chi connectivity index (χ4v) is 9.02. The molecule has 228 valence electrons. The van der Waals surface area contributed by atoms with E-state index >= 15 is 0 Å². The molecule has 0 aromatic carbocycles. The van der Waals surface area contributed by atoms with E-state index in [1.54, 1.807) is 0 Å². The maximum absolute atomic E-state index is 5.24. The minimum atomic E-state index is -0.131. The van der Waals surface area contributed by atoms with Crippen molar-refractivity contribution in [1.82, 2.24) is 15.1 Å². The second-order valence-electron chi connectivity index (χ2n) is 14.1. The molecule has 0 aromatic heterocycles. The Labute approximate surface area is 244 Å². The van der Waals surface area contributed by atoms with Crippen LogP contribution in [0.2, 0.25) is 0 Å². The molecule has 0 unspecified atom stereocenters. The van der Waals surface area contributed by atoms with E-state index in [9.17, 15) is 0 Å². The van der Waals surface area contributed by atoms with Gasteiger partial charge >= 0.3 is 0 Å². The Balaban J connectivity index is 0.000000495. The molecular weight excluding hydrogens is 499 g/mol. The van der Waals surface area contributed by atoms with E-state index in [0.29, 0.717) is 0 Å². The Kier molecular flexibility index (Phi) is 18.0. The molecule has 0 bridgehead atoms. The topological polar surface area (TPSA) is 55.6 Å². The van der Waals surface area contributed by atoms with E-state index in [1.165, 1.54) is 76.2 Å². The summed E-state index contributed by atoms with van der Waals surface area (Å²) in [5, 5.41) is 3.90. The summed E-state index contributed by atoms with van der Waals surface area (Å²) < 4.78 is 0. The summed E-state index contributed by atoms with van der Waals surface area (Å²) >= 11 is 0. The van der Waals surface area contributed by atoms with Crippen LogP contribution in [0.3, 0.4) is 0 Å². The summed E-state index contributed by atoms with van der Waals surface area (Å²) in [6.45, 7) is 17.0. The molecule has 0 aliphatic heterocycles. The van der Waals surface area contributed by atoms with E-state index in [1.807, 2.05) is 20.8 Å². The van der Waals surface area contributed by atoms with Crippen LogP contribution in [-0.2, 0) is 0 Å². The lowest BCUT2D eigenvalue weighted by molar-refractivity contribution is 0.403. The molecule has 1 N–H and O–H groups in total. The van der Waals surface area contributed by atoms with Crippen molar-refractivity contribution in [2.75, 3.05) is 54.4 Å². The summed E-state index contributed by atoms with van der Waals surface area (Å²) in [7, 11) is 8.32. The molecule has 2 saturated carbocycles. The second-order valence-corrected chi connectivity index (χ2v) is 16.8. The fraction of sp³-hybridized carbons (Fsp3) is 0.938. The first-order valence-corrected chi connectivity index (χ1v) is 17.3. The number of rotatable bonds is 11. The van der Waals surface area contributed by atoms with Gasteiger partial charge < -0.3 is 15.1 Å². The quantitative estimate of drug-likeness (QED) is 0.121. The van der Waals surface area contributed by atoms with Crippen molar-refractivity contribution < 1.29 is 0 Å². The van der Waals surface area contributed by atoms with Gasteiger partial charge in [0.2, 0.25) is 0 Å². The van der Waals surface area contributed by atoms with E-state index in [0.717, 1.165) is 43.9 Å². The molecule has 2 fully saturated rings. The number of amidine groups is 1. The minimum absolute atomic E-state index is 0.0505. The smallest absolute Gasteiger partial charge is 0.120 e. The van der Waals surface area contributed by atoms with Crippen LogP contribution in [0.15, 0.2) is 15.0 Å². The summed E-state index contributed by atoms with van der Waals surface area (Å²) in [4.78, 5) is 17.9. The van der Waals surface area contributed by atoms with Crippen LogP contribution in [0.5, 0.6) is 0 Å². The van der Waals surface area contributed by atoms with Gasteiger partial charge in [-0.25, -0.2) is 9.98 Å². The third-order valence-corrected chi connectivity index (χ3v) is 10.4. The highest BCUT2D eigenvalue weighted by Crippen LogP contribution is 2.56. The maximum Gasteiger partial charge on any atom is 0.120 e. The Morgan fingerprint density at radius 1 is 0.744 bits per heavy atom. The van der Waals surface area contributed by atoms with Gasteiger partial charge in [-0.1, -0.05) is 38.5 Å². The molecule has 6 nitrogen and oxygen atoms in total. The van der Waals surface area contributed by atoms with Crippen LogP contribution in [0, 0.1) is 0 Å². The third kappa shape index (κ3) is 19.0. The molecular formula is C32H65N6P. The largest absolute Gasteiger partial charge is 0.366 e. The number of aliphatic imine (C=N–C) groups is 3. The van der Waals surface area contributed by atoms with Gasteiger partial charge in [-0.2, -0.15) is 0 Å². The van der Waals surface area contributed by atoms with Gasteiger partial charge in [-0.05, 0) is 141 Å². The highest BCUT2D eigenvalue weighted by atomic mass is 31.1. The molecule has 2 aliphatic carbocycles. The third-order valence-electron chi connectivity index (χ3n) is 7.02. The summed E-state index contributed by atoms with van der Waals surface area (Å²) in [6.07, 6.45) is 16.7. The van der Waals surface area contributed by atoms with Crippen molar-refractivity contribution >= 4 is 19.5 Å². The second kappa shape index (κ2) is 19.3. The van der Waals surface area contributed by atoms with Gasteiger partial charge in [0.05, 0.1) is 18.1 Å². The van der Waals surface area contributed by atoms with Crippen LogP contribution in [-0.4, -0.2) is 98.2 Å². The first kappa shape index (κ1) is 36.2. The fourth-order valence-electron chi connectivity index (χ4n) is 5.16. The predicted octanol–water partition coefficient (Wildman–Crippen LogP) is 7.74. The zero-order valence-corrected chi connectivity index (χ0v) is 28.5. The van der Waals surface area contributed by atoms with Crippen molar-refractivity contribution in [2.24, 2.45) is 15.0 Å². The Morgan fingerprint density at radius 2 is 1.21 bits per heavy atom. The van der Waals surface area contributed by atoms with Gasteiger partial charge in [0.1, 0.15) is 5.58 Å². The summed E-state index contributed by atoms with van der Waals surface area (Å²) in [6, 6.07) is 2.73. The van der Waals surface area contributed by atoms with Crippen molar-refractivity contribution in [2.45, 2.75) is 141 Å². The lowest BCUT2D eigenvalue weighted by Crippen LogP contribution is -2.43. The molecule has 0 amide bonds. The van der Waals surface area contributed by atoms with Crippen LogP contribution in [0.1, 0.15) is 119 Å².